The average Bonchev–Trinajstić information content (AvgIpc) is 2.17. The Balaban J connectivity index is 2.95. The highest BCUT2D eigenvalue weighted by molar-refractivity contribution is 6.04. The zero-order chi connectivity index (χ0) is 11.4. The number of imide groups is 1. The van der Waals surface area contributed by atoms with E-state index in [-0.39, 0.29) is 11.3 Å². The third-order valence-electron chi connectivity index (χ3n) is 1.56. The van der Waals surface area contributed by atoms with Crippen LogP contribution in [0.1, 0.15) is 10.4 Å². The van der Waals surface area contributed by atoms with Crippen LogP contribution in [0.2, 0.25) is 0 Å². The van der Waals surface area contributed by atoms with E-state index in [2.05, 4.69) is 0 Å². The smallest absolute Gasteiger partial charge is 0.319 e. The highest BCUT2D eigenvalue weighted by atomic mass is 16.6. The third kappa shape index (κ3) is 2.76. The molecule has 3 amide bonds. The Bertz CT molecular complexity index is 430. The van der Waals surface area contributed by atoms with Crippen molar-refractivity contribution in [2.45, 2.75) is 0 Å². The molecule has 0 aliphatic carbocycles. The van der Waals surface area contributed by atoms with Crippen LogP contribution in [0.5, 0.6) is 0 Å². The van der Waals surface area contributed by atoms with Crippen LogP contribution in [-0.2, 0) is 0 Å². The van der Waals surface area contributed by atoms with Gasteiger partial charge in [-0.15, -0.1) is 0 Å². The molecule has 0 saturated carbocycles. The summed E-state index contributed by atoms with van der Waals surface area (Å²) >= 11 is 0. The van der Waals surface area contributed by atoms with Crippen molar-refractivity contribution in [2.75, 3.05) is 0 Å². The molecule has 0 heterocycles. The number of non-ortho nitro benzene ring substituents is 1. The summed E-state index contributed by atoms with van der Waals surface area (Å²) < 4.78 is 0. The van der Waals surface area contributed by atoms with Crippen molar-refractivity contribution in [1.29, 1.82) is 0 Å². The molecule has 0 aliphatic rings. The number of nitrogens with one attached hydrogen (secondary N) is 1. The van der Waals surface area contributed by atoms with Crippen molar-refractivity contribution < 1.29 is 14.5 Å². The Hall–Kier alpha value is -2.44. The molecular formula is C8H7N3O4. The van der Waals surface area contributed by atoms with E-state index in [9.17, 15) is 19.7 Å². The van der Waals surface area contributed by atoms with E-state index >= 15 is 0 Å². The van der Waals surface area contributed by atoms with Crippen molar-refractivity contribution in [3.05, 3.63) is 39.9 Å². The van der Waals surface area contributed by atoms with Gasteiger partial charge in [-0.25, -0.2) is 4.79 Å². The maximum Gasteiger partial charge on any atom is 0.319 e. The Morgan fingerprint density at radius 3 is 2.60 bits per heavy atom. The lowest BCUT2D eigenvalue weighted by molar-refractivity contribution is -0.384. The second kappa shape index (κ2) is 4.18. The number of amides is 3. The number of urea groups is 1. The summed E-state index contributed by atoms with van der Waals surface area (Å²) in [6.45, 7) is 0. The highest BCUT2D eigenvalue weighted by Gasteiger charge is 2.12. The predicted molar refractivity (Wildman–Crippen MR) is 50.1 cm³/mol. The second-order valence-corrected chi connectivity index (χ2v) is 2.63. The lowest BCUT2D eigenvalue weighted by atomic mass is 10.2. The number of hydrogen-bond donors (Lipinski definition) is 2. The van der Waals surface area contributed by atoms with Crippen LogP contribution in [-0.4, -0.2) is 16.9 Å². The van der Waals surface area contributed by atoms with Crippen LogP contribution in [0, 0.1) is 10.1 Å². The molecule has 7 nitrogen and oxygen atoms in total. The molecule has 1 aromatic rings. The minimum absolute atomic E-state index is 0.00278. The topological polar surface area (TPSA) is 115 Å². The van der Waals surface area contributed by atoms with E-state index in [1.54, 1.807) is 5.32 Å². The SMILES string of the molecule is NC(=O)NC(=O)c1cccc([N+](=O)[O-])c1. The fourth-order valence-electron chi connectivity index (χ4n) is 0.945. The van der Waals surface area contributed by atoms with E-state index in [0.717, 1.165) is 6.07 Å². The predicted octanol–water partition coefficient (Wildman–Crippen LogP) is 0.403. The van der Waals surface area contributed by atoms with E-state index in [4.69, 9.17) is 5.73 Å². The van der Waals surface area contributed by atoms with Gasteiger partial charge in [-0.3, -0.25) is 20.2 Å². The Morgan fingerprint density at radius 2 is 2.07 bits per heavy atom. The number of nitro benzene ring substituents is 1. The Kier molecular flexibility index (Phi) is 2.97. The molecule has 0 bridgehead atoms. The van der Waals surface area contributed by atoms with E-state index < -0.39 is 16.9 Å². The van der Waals surface area contributed by atoms with Crippen molar-refractivity contribution >= 4 is 17.6 Å². The minimum Gasteiger partial charge on any atom is -0.351 e. The number of rotatable bonds is 2. The van der Waals surface area contributed by atoms with E-state index in [0.29, 0.717) is 0 Å². The number of hydrogen-bond acceptors (Lipinski definition) is 4. The fourth-order valence-corrected chi connectivity index (χ4v) is 0.945. The first-order valence-corrected chi connectivity index (χ1v) is 3.86. The van der Waals surface area contributed by atoms with Gasteiger partial charge in [0.25, 0.3) is 11.6 Å². The number of carbonyl (C=O) groups excluding carboxylic acids is 2. The summed E-state index contributed by atoms with van der Waals surface area (Å²) in [7, 11) is 0. The largest absolute Gasteiger partial charge is 0.351 e. The number of nitrogens with zero attached hydrogens (tertiary/aromatic N) is 1. The van der Waals surface area contributed by atoms with Gasteiger partial charge in [0.15, 0.2) is 0 Å². The van der Waals surface area contributed by atoms with E-state index in [1.165, 1.54) is 18.2 Å². The maximum atomic E-state index is 11.2. The second-order valence-electron chi connectivity index (χ2n) is 2.63. The zero-order valence-corrected chi connectivity index (χ0v) is 7.47. The summed E-state index contributed by atoms with van der Waals surface area (Å²) in [5.74, 6) is -0.772. The molecule has 7 heteroatoms. The summed E-state index contributed by atoms with van der Waals surface area (Å²) in [6, 6.07) is 3.96. The van der Waals surface area contributed by atoms with Crippen LogP contribution in [0.15, 0.2) is 24.3 Å². The minimum atomic E-state index is -1.01. The molecule has 0 atom stereocenters. The molecule has 0 aliphatic heterocycles. The third-order valence-corrected chi connectivity index (χ3v) is 1.56. The quantitative estimate of drug-likeness (QED) is 0.541. The van der Waals surface area contributed by atoms with Gasteiger partial charge in [0.1, 0.15) is 0 Å². The average molecular weight is 209 g/mol. The van der Waals surface area contributed by atoms with Crippen LogP contribution in [0.3, 0.4) is 0 Å². The zero-order valence-electron chi connectivity index (χ0n) is 7.47. The molecule has 1 aromatic carbocycles. The molecule has 0 spiro atoms. The summed E-state index contributed by atoms with van der Waals surface area (Å²) in [6.07, 6.45) is 0. The molecule has 3 N–H and O–H groups in total. The normalized spacial score (nSPS) is 9.33. The number of nitro groups is 1. The number of nitrogens with two attached hydrogens (primary N) is 1. The summed E-state index contributed by atoms with van der Waals surface area (Å²) in [5.41, 5.74) is 4.50. The molecular weight excluding hydrogens is 202 g/mol. The number of primary amides is 1. The molecule has 78 valence electrons. The molecule has 0 radical (unpaired) electrons. The van der Waals surface area contributed by atoms with Crippen molar-refractivity contribution in [3.63, 3.8) is 0 Å². The van der Waals surface area contributed by atoms with Crippen LogP contribution in [0.25, 0.3) is 0 Å². The van der Waals surface area contributed by atoms with Gasteiger partial charge in [0, 0.05) is 17.7 Å². The molecule has 15 heavy (non-hydrogen) atoms. The van der Waals surface area contributed by atoms with Gasteiger partial charge in [0.05, 0.1) is 4.92 Å². The molecule has 0 fully saturated rings. The first kappa shape index (κ1) is 10.6. The van der Waals surface area contributed by atoms with Gasteiger partial charge in [0.2, 0.25) is 0 Å². The first-order valence-electron chi connectivity index (χ1n) is 3.86. The fraction of sp³-hybridized carbons (Fsp3) is 0. The standard InChI is InChI=1S/C8H7N3O4/c9-8(13)10-7(12)5-2-1-3-6(4-5)11(14)15/h1-4H,(H3,9,10,12,13). The summed E-state index contributed by atoms with van der Waals surface area (Å²) in [5, 5.41) is 12.2. The van der Waals surface area contributed by atoms with Gasteiger partial charge < -0.3 is 5.73 Å². The monoisotopic (exact) mass is 209 g/mol. The maximum absolute atomic E-state index is 11.2. The van der Waals surface area contributed by atoms with E-state index in [1.807, 2.05) is 0 Å². The van der Waals surface area contributed by atoms with Gasteiger partial charge in [-0.05, 0) is 6.07 Å². The van der Waals surface area contributed by atoms with Crippen molar-refractivity contribution in [3.8, 4) is 0 Å². The molecule has 0 saturated heterocycles. The van der Waals surface area contributed by atoms with Crippen molar-refractivity contribution in [2.24, 2.45) is 5.73 Å². The highest BCUT2D eigenvalue weighted by Crippen LogP contribution is 2.12. The van der Waals surface area contributed by atoms with Gasteiger partial charge in [-0.2, -0.15) is 0 Å². The number of benzene rings is 1. The van der Waals surface area contributed by atoms with Gasteiger partial charge in [-0.1, -0.05) is 6.07 Å². The van der Waals surface area contributed by atoms with Crippen molar-refractivity contribution in [1.82, 2.24) is 5.32 Å². The molecule has 0 unspecified atom stereocenters. The lowest BCUT2D eigenvalue weighted by Gasteiger charge is -1.99. The Labute approximate surface area is 84.0 Å². The molecule has 0 aromatic heterocycles. The van der Waals surface area contributed by atoms with Crippen LogP contribution in [0.4, 0.5) is 10.5 Å². The number of carbonyl (C=O) groups is 2. The lowest BCUT2D eigenvalue weighted by Crippen LogP contribution is -2.34. The Morgan fingerprint density at radius 1 is 1.40 bits per heavy atom. The van der Waals surface area contributed by atoms with Crippen LogP contribution >= 0.6 is 0 Å². The molecule has 1 rings (SSSR count). The van der Waals surface area contributed by atoms with Crippen LogP contribution < -0.4 is 11.1 Å². The first-order chi connectivity index (χ1) is 7.00. The summed E-state index contributed by atoms with van der Waals surface area (Å²) in [4.78, 5) is 31.3. The van der Waals surface area contributed by atoms with Gasteiger partial charge >= 0.3 is 6.03 Å².